The number of benzene rings is 1. The predicted molar refractivity (Wildman–Crippen MR) is 115 cm³/mol. The van der Waals surface area contributed by atoms with Crippen molar-refractivity contribution in [1.82, 2.24) is 14.9 Å². The number of hydrogen-bond acceptors (Lipinski definition) is 6. The molecule has 29 heavy (non-hydrogen) atoms. The monoisotopic (exact) mass is 408 g/mol. The maximum Gasteiger partial charge on any atom is 0.228 e. The first-order chi connectivity index (χ1) is 14.2. The van der Waals surface area contributed by atoms with Crippen LogP contribution < -0.4 is 9.64 Å². The molecule has 0 saturated carbocycles. The van der Waals surface area contributed by atoms with E-state index in [0.29, 0.717) is 26.1 Å². The Morgan fingerprint density at radius 3 is 2.59 bits per heavy atom. The Morgan fingerprint density at radius 2 is 1.90 bits per heavy atom. The molecule has 1 aliphatic rings. The van der Waals surface area contributed by atoms with E-state index in [4.69, 9.17) is 4.74 Å². The molecular formula is C22H24N4O2S. The van der Waals surface area contributed by atoms with E-state index in [2.05, 4.69) is 14.9 Å². The fourth-order valence-corrected chi connectivity index (χ4v) is 4.20. The molecule has 0 unspecified atom stereocenters. The number of anilines is 1. The number of rotatable bonds is 6. The summed E-state index contributed by atoms with van der Waals surface area (Å²) < 4.78 is 5.48. The number of nitrogens with zero attached hydrogens (tertiary/aromatic N) is 4. The number of carbonyl (C=O) groups excluding carboxylic acids is 1. The largest absolute Gasteiger partial charge is 0.494 e. The van der Waals surface area contributed by atoms with E-state index in [9.17, 15) is 4.79 Å². The average molecular weight is 409 g/mol. The minimum atomic E-state index is 0.134. The second kappa shape index (κ2) is 9.05. The van der Waals surface area contributed by atoms with E-state index >= 15 is 0 Å². The molecule has 150 valence electrons. The van der Waals surface area contributed by atoms with Gasteiger partial charge in [-0.1, -0.05) is 6.07 Å². The molecule has 0 bridgehead atoms. The lowest BCUT2D eigenvalue weighted by Crippen LogP contribution is -2.49. The topological polar surface area (TPSA) is 58.6 Å². The van der Waals surface area contributed by atoms with Gasteiger partial charge in [0.1, 0.15) is 16.6 Å². The van der Waals surface area contributed by atoms with Crippen LogP contribution in [-0.4, -0.2) is 53.6 Å². The number of piperazine rings is 1. The minimum Gasteiger partial charge on any atom is -0.494 e. The number of pyridine rings is 1. The lowest BCUT2D eigenvalue weighted by atomic mass is 10.2. The number of hydrogen-bond donors (Lipinski definition) is 0. The van der Waals surface area contributed by atoms with Gasteiger partial charge in [-0.3, -0.25) is 4.79 Å². The second-order valence-corrected chi connectivity index (χ2v) is 7.69. The molecule has 0 N–H and O–H groups in total. The number of amides is 1. The summed E-state index contributed by atoms with van der Waals surface area (Å²) in [5.41, 5.74) is 1.87. The van der Waals surface area contributed by atoms with Gasteiger partial charge < -0.3 is 14.5 Å². The molecule has 0 aliphatic carbocycles. The first-order valence-electron chi connectivity index (χ1n) is 9.84. The molecule has 2 aromatic heterocycles. The Morgan fingerprint density at radius 1 is 1.10 bits per heavy atom. The van der Waals surface area contributed by atoms with Crippen molar-refractivity contribution in [3.63, 3.8) is 0 Å². The third-order valence-corrected chi connectivity index (χ3v) is 5.84. The molecule has 3 heterocycles. The average Bonchev–Trinajstić information content (AvgIpc) is 3.24. The van der Waals surface area contributed by atoms with Crippen LogP contribution >= 0.6 is 11.3 Å². The molecule has 1 saturated heterocycles. The summed E-state index contributed by atoms with van der Waals surface area (Å²) in [6, 6.07) is 13.8. The molecule has 1 amide bonds. The number of thiazole rings is 1. The molecule has 7 heteroatoms. The first-order valence-corrected chi connectivity index (χ1v) is 10.7. The SMILES string of the molecule is CCOc1ccc(-c2nc(CC(=O)N3CCN(c4ccccn4)CC3)cs2)cc1. The highest BCUT2D eigenvalue weighted by molar-refractivity contribution is 7.13. The third-order valence-electron chi connectivity index (χ3n) is 4.90. The number of aromatic nitrogens is 2. The summed E-state index contributed by atoms with van der Waals surface area (Å²) in [6.07, 6.45) is 2.15. The van der Waals surface area contributed by atoms with Gasteiger partial charge >= 0.3 is 0 Å². The van der Waals surface area contributed by atoms with Crippen molar-refractivity contribution in [2.75, 3.05) is 37.7 Å². The molecule has 0 spiro atoms. The Kier molecular flexibility index (Phi) is 6.05. The van der Waals surface area contributed by atoms with Crippen molar-refractivity contribution in [2.45, 2.75) is 13.3 Å². The van der Waals surface area contributed by atoms with Crippen LogP contribution in [0, 0.1) is 0 Å². The fourth-order valence-electron chi connectivity index (χ4n) is 3.37. The molecule has 1 fully saturated rings. The zero-order chi connectivity index (χ0) is 20.1. The lowest BCUT2D eigenvalue weighted by Gasteiger charge is -2.35. The van der Waals surface area contributed by atoms with E-state index in [0.717, 1.165) is 40.9 Å². The maximum atomic E-state index is 12.7. The van der Waals surface area contributed by atoms with Gasteiger partial charge in [0.2, 0.25) is 5.91 Å². The summed E-state index contributed by atoms with van der Waals surface area (Å²) in [7, 11) is 0. The van der Waals surface area contributed by atoms with Gasteiger partial charge in [0, 0.05) is 43.3 Å². The third kappa shape index (κ3) is 4.74. The van der Waals surface area contributed by atoms with Crippen molar-refractivity contribution in [3.8, 4) is 16.3 Å². The second-order valence-electron chi connectivity index (χ2n) is 6.83. The van der Waals surface area contributed by atoms with Crippen molar-refractivity contribution >= 4 is 23.1 Å². The van der Waals surface area contributed by atoms with Crippen molar-refractivity contribution in [3.05, 3.63) is 59.7 Å². The summed E-state index contributed by atoms with van der Waals surface area (Å²) in [4.78, 5) is 25.9. The van der Waals surface area contributed by atoms with Crippen LogP contribution in [0.15, 0.2) is 54.0 Å². The molecule has 0 atom stereocenters. The van der Waals surface area contributed by atoms with Crippen LogP contribution in [0.5, 0.6) is 5.75 Å². The molecular weight excluding hydrogens is 384 g/mol. The highest BCUT2D eigenvalue weighted by atomic mass is 32.1. The van der Waals surface area contributed by atoms with Gasteiger partial charge in [-0.05, 0) is 43.3 Å². The van der Waals surface area contributed by atoms with Gasteiger partial charge in [-0.2, -0.15) is 0 Å². The molecule has 1 aliphatic heterocycles. The Labute approximate surface area is 174 Å². The molecule has 6 nitrogen and oxygen atoms in total. The van der Waals surface area contributed by atoms with Crippen LogP contribution in [0.25, 0.3) is 10.6 Å². The minimum absolute atomic E-state index is 0.134. The van der Waals surface area contributed by atoms with Gasteiger partial charge in [0.25, 0.3) is 0 Å². The van der Waals surface area contributed by atoms with E-state index in [1.807, 2.05) is 59.7 Å². The zero-order valence-electron chi connectivity index (χ0n) is 16.5. The molecule has 3 aromatic rings. The van der Waals surface area contributed by atoms with Gasteiger partial charge in [-0.25, -0.2) is 9.97 Å². The fraction of sp³-hybridized carbons (Fsp3) is 0.318. The molecule has 4 rings (SSSR count). The quantitative estimate of drug-likeness (QED) is 0.625. The summed E-state index contributed by atoms with van der Waals surface area (Å²) in [5.74, 6) is 1.96. The highest BCUT2D eigenvalue weighted by Crippen LogP contribution is 2.26. The van der Waals surface area contributed by atoms with Crippen molar-refractivity contribution in [2.24, 2.45) is 0 Å². The van der Waals surface area contributed by atoms with Crippen LogP contribution in [-0.2, 0) is 11.2 Å². The van der Waals surface area contributed by atoms with Crippen LogP contribution in [0.4, 0.5) is 5.82 Å². The van der Waals surface area contributed by atoms with Gasteiger partial charge in [0.15, 0.2) is 0 Å². The van der Waals surface area contributed by atoms with E-state index in [1.165, 1.54) is 0 Å². The van der Waals surface area contributed by atoms with Gasteiger partial charge in [0.05, 0.1) is 18.7 Å². The van der Waals surface area contributed by atoms with Crippen LogP contribution in [0.2, 0.25) is 0 Å². The van der Waals surface area contributed by atoms with E-state index in [-0.39, 0.29) is 5.91 Å². The lowest BCUT2D eigenvalue weighted by molar-refractivity contribution is -0.130. The van der Waals surface area contributed by atoms with Gasteiger partial charge in [-0.15, -0.1) is 11.3 Å². The zero-order valence-corrected chi connectivity index (χ0v) is 17.3. The smallest absolute Gasteiger partial charge is 0.228 e. The Bertz CT molecular complexity index is 935. The number of carbonyl (C=O) groups is 1. The van der Waals surface area contributed by atoms with Crippen LogP contribution in [0.3, 0.4) is 0 Å². The first kappa shape index (κ1) is 19.4. The van der Waals surface area contributed by atoms with Crippen LogP contribution in [0.1, 0.15) is 12.6 Å². The van der Waals surface area contributed by atoms with Crippen molar-refractivity contribution < 1.29 is 9.53 Å². The molecule has 1 aromatic carbocycles. The summed E-state index contributed by atoms with van der Waals surface area (Å²) in [6.45, 7) is 5.65. The van der Waals surface area contributed by atoms with E-state index < -0.39 is 0 Å². The standard InChI is InChI=1S/C22H24N4O2S/c1-2-28-19-8-6-17(7-9-19)22-24-18(16-29-22)15-21(27)26-13-11-25(12-14-26)20-5-3-4-10-23-20/h3-10,16H,2,11-15H2,1H3. The Hall–Kier alpha value is -2.93. The number of ether oxygens (including phenoxy) is 1. The normalized spacial score (nSPS) is 14.1. The highest BCUT2D eigenvalue weighted by Gasteiger charge is 2.22. The van der Waals surface area contributed by atoms with Crippen molar-refractivity contribution in [1.29, 1.82) is 0 Å². The Balaban J connectivity index is 1.32. The predicted octanol–water partition coefficient (Wildman–Crippen LogP) is 3.50. The summed E-state index contributed by atoms with van der Waals surface area (Å²) >= 11 is 1.57. The maximum absolute atomic E-state index is 12.7. The van der Waals surface area contributed by atoms with E-state index in [1.54, 1.807) is 17.5 Å². The summed E-state index contributed by atoms with van der Waals surface area (Å²) in [5, 5.41) is 2.91. The molecule has 0 radical (unpaired) electrons.